The predicted octanol–water partition coefficient (Wildman–Crippen LogP) is 2.06. The van der Waals surface area contributed by atoms with Crippen molar-refractivity contribution in [2.45, 2.75) is 13.3 Å². The standard InChI is InChI=1S/C18H21N3O2/c1-13-7-4-5-8-14(13)12-17(22)19-20-18(23)15-9-6-10-16(11-15)21(2)3/h4-11H,12H2,1-3H3,(H,19,22)(H,20,23). The number of carbonyl (C=O) groups is 2. The quantitative estimate of drug-likeness (QED) is 0.850. The molecule has 2 N–H and O–H groups in total. The van der Waals surface area contributed by atoms with E-state index in [0.717, 1.165) is 16.8 Å². The molecule has 5 nitrogen and oxygen atoms in total. The van der Waals surface area contributed by atoms with Gasteiger partial charge in [0.25, 0.3) is 5.91 Å². The minimum atomic E-state index is -0.341. The molecular formula is C18H21N3O2. The van der Waals surface area contributed by atoms with E-state index in [9.17, 15) is 9.59 Å². The monoisotopic (exact) mass is 311 g/mol. The zero-order valence-electron chi connectivity index (χ0n) is 13.6. The molecule has 0 aliphatic rings. The van der Waals surface area contributed by atoms with Crippen LogP contribution in [0.2, 0.25) is 0 Å². The highest BCUT2D eigenvalue weighted by Gasteiger charge is 2.09. The Morgan fingerprint density at radius 3 is 2.43 bits per heavy atom. The summed E-state index contributed by atoms with van der Waals surface area (Å²) in [5.74, 6) is -0.594. The first-order chi connectivity index (χ1) is 11.0. The van der Waals surface area contributed by atoms with Crippen LogP contribution in [0.15, 0.2) is 48.5 Å². The van der Waals surface area contributed by atoms with Gasteiger partial charge in [0.05, 0.1) is 6.42 Å². The topological polar surface area (TPSA) is 61.4 Å². The van der Waals surface area contributed by atoms with Gasteiger partial charge in [0.15, 0.2) is 0 Å². The zero-order valence-corrected chi connectivity index (χ0v) is 13.6. The summed E-state index contributed by atoms with van der Waals surface area (Å²) in [6.45, 7) is 1.95. The number of benzene rings is 2. The number of nitrogens with zero attached hydrogens (tertiary/aromatic N) is 1. The fourth-order valence-electron chi connectivity index (χ4n) is 2.15. The average Bonchev–Trinajstić information content (AvgIpc) is 2.55. The van der Waals surface area contributed by atoms with Crippen LogP contribution in [0.4, 0.5) is 5.69 Å². The molecule has 2 amide bonds. The molecule has 0 aromatic heterocycles. The van der Waals surface area contributed by atoms with Crippen molar-refractivity contribution in [2.75, 3.05) is 19.0 Å². The number of carbonyl (C=O) groups excluding carboxylic acids is 2. The van der Waals surface area contributed by atoms with Crippen molar-refractivity contribution in [3.8, 4) is 0 Å². The van der Waals surface area contributed by atoms with Crippen LogP contribution in [0.3, 0.4) is 0 Å². The molecule has 0 radical (unpaired) electrons. The van der Waals surface area contributed by atoms with Gasteiger partial charge < -0.3 is 4.90 Å². The van der Waals surface area contributed by atoms with Gasteiger partial charge in [-0.15, -0.1) is 0 Å². The lowest BCUT2D eigenvalue weighted by Gasteiger charge is -2.14. The Kier molecular flexibility index (Phi) is 5.36. The van der Waals surface area contributed by atoms with E-state index in [4.69, 9.17) is 0 Å². The van der Waals surface area contributed by atoms with Gasteiger partial charge in [0.1, 0.15) is 0 Å². The molecule has 0 aliphatic carbocycles. The third-order valence-corrected chi connectivity index (χ3v) is 3.55. The van der Waals surface area contributed by atoms with Crippen molar-refractivity contribution < 1.29 is 9.59 Å². The number of hydrogen-bond donors (Lipinski definition) is 2. The van der Waals surface area contributed by atoms with Crippen molar-refractivity contribution in [3.05, 3.63) is 65.2 Å². The number of anilines is 1. The average molecular weight is 311 g/mol. The molecule has 0 unspecified atom stereocenters. The van der Waals surface area contributed by atoms with Gasteiger partial charge in [-0.2, -0.15) is 0 Å². The summed E-state index contributed by atoms with van der Waals surface area (Å²) in [5, 5.41) is 0. The summed E-state index contributed by atoms with van der Waals surface area (Å²) in [6, 6.07) is 14.9. The molecule has 0 aliphatic heterocycles. The lowest BCUT2D eigenvalue weighted by molar-refractivity contribution is -0.121. The molecule has 0 saturated heterocycles. The van der Waals surface area contributed by atoms with Gasteiger partial charge in [-0.1, -0.05) is 30.3 Å². The molecule has 2 aromatic carbocycles. The van der Waals surface area contributed by atoms with Crippen molar-refractivity contribution in [3.63, 3.8) is 0 Å². The van der Waals surface area contributed by atoms with Gasteiger partial charge in [0, 0.05) is 25.3 Å². The first kappa shape index (κ1) is 16.5. The van der Waals surface area contributed by atoms with Crippen molar-refractivity contribution in [1.29, 1.82) is 0 Å². The Morgan fingerprint density at radius 1 is 1.00 bits per heavy atom. The summed E-state index contributed by atoms with van der Waals surface area (Å²) in [4.78, 5) is 26.0. The van der Waals surface area contributed by atoms with Crippen LogP contribution in [0.25, 0.3) is 0 Å². The second-order valence-electron chi connectivity index (χ2n) is 5.55. The van der Waals surface area contributed by atoms with Crippen LogP contribution in [-0.4, -0.2) is 25.9 Å². The SMILES string of the molecule is Cc1ccccc1CC(=O)NNC(=O)c1cccc(N(C)C)c1. The molecule has 0 bridgehead atoms. The second kappa shape index (κ2) is 7.45. The molecule has 0 saturated carbocycles. The minimum absolute atomic E-state index is 0.227. The highest BCUT2D eigenvalue weighted by molar-refractivity contribution is 5.96. The summed E-state index contributed by atoms with van der Waals surface area (Å²) in [6.07, 6.45) is 0.227. The lowest BCUT2D eigenvalue weighted by Crippen LogP contribution is -2.42. The van der Waals surface area contributed by atoms with Gasteiger partial charge in [-0.25, -0.2) is 0 Å². The number of hydrogen-bond acceptors (Lipinski definition) is 3. The first-order valence-electron chi connectivity index (χ1n) is 7.38. The Morgan fingerprint density at radius 2 is 1.74 bits per heavy atom. The van der Waals surface area contributed by atoms with Crippen LogP contribution >= 0.6 is 0 Å². The minimum Gasteiger partial charge on any atom is -0.378 e. The summed E-state index contributed by atoms with van der Waals surface area (Å²) in [5.41, 5.74) is 8.30. The van der Waals surface area contributed by atoms with Crippen LogP contribution in [0.5, 0.6) is 0 Å². The van der Waals surface area contributed by atoms with E-state index in [2.05, 4.69) is 10.9 Å². The lowest BCUT2D eigenvalue weighted by atomic mass is 10.1. The van der Waals surface area contributed by atoms with Gasteiger partial charge in [-0.05, 0) is 36.2 Å². The summed E-state index contributed by atoms with van der Waals surface area (Å²) < 4.78 is 0. The fourth-order valence-corrected chi connectivity index (χ4v) is 2.15. The van der Waals surface area contributed by atoms with Crippen LogP contribution < -0.4 is 15.8 Å². The fraction of sp³-hybridized carbons (Fsp3) is 0.222. The van der Waals surface area contributed by atoms with Crippen molar-refractivity contribution in [2.24, 2.45) is 0 Å². The van der Waals surface area contributed by atoms with Gasteiger partial charge >= 0.3 is 0 Å². The number of nitrogens with one attached hydrogen (secondary N) is 2. The normalized spacial score (nSPS) is 10.0. The highest BCUT2D eigenvalue weighted by atomic mass is 16.2. The van der Waals surface area contributed by atoms with E-state index in [0.29, 0.717) is 5.56 Å². The van der Waals surface area contributed by atoms with E-state index in [-0.39, 0.29) is 18.2 Å². The van der Waals surface area contributed by atoms with Crippen LogP contribution in [0, 0.1) is 6.92 Å². The number of rotatable bonds is 4. The Bertz CT molecular complexity index is 711. The maximum Gasteiger partial charge on any atom is 0.269 e. The molecule has 2 rings (SSSR count). The molecule has 2 aromatic rings. The number of aryl methyl sites for hydroxylation is 1. The maximum atomic E-state index is 12.1. The molecule has 0 fully saturated rings. The van der Waals surface area contributed by atoms with Gasteiger partial charge in [-0.3, -0.25) is 20.4 Å². The largest absolute Gasteiger partial charge is 0.378 e. The summed E-state index contributed by atoms with van der Waals surface area (Å²) in [7, 11) is 3.81. The zero-order chi connectivity index (χ0) is 16.8. The van der Waals surface area contributed by atoms with E-state index in [1.165, 1.54) is 0 Å². The molecule has 23 heavy (non-hydrogen) atoms. The van der Waals surface area contributed by atoms with E-state index < -0.39 is 0 Å². The van der Waals surface area contributed by atoms with E-state index >= 15 is 0 Å². The molecule has 5 heteroatoms. The molecule has 120 valence electrons. The summed E-state index contributed by atoms with van der Waals surface area (Å²) >= 11 is 0. The van der Waals surface area contributed by atoms with Crippen LogP contribution in [0.1, 0.15) is 21.5 Å². The molecular weight excluding hydrogens is 290 g/mol. The Labute approximate surface area is 136 Å². The van der Waals surface area contributed by atoms with E-state index in [1.54, 1.807) is 18.2 Å². The highest BCUT2D eigenvalue weighted by Crippen LogP contribution is 2.13. The van der Waals surface area contributed by atoms with Crippen LogP contribution in [-0.2, 0) is 11.2 Å². The number of amides is 2. The predicted molar refractivity (Wildman–Crippen MR) is 91.3 cm³/mol. The Balaban J connectivity index is 1.92. The third kappa shape index (κ3) is 4.57. The van der Waals surface area contributed by atoms with E-state index in [1.807, 2.05) is 56.3 Å². The second-order valence-corrected chi connectivity index (χ2v) is 5.55. The van der Waals surface area contributed by atoms with Crippen molar-refractivity contribution >= 4 is 17.5 Å². The molecule has 0 atom stereocenters. The number of hydrazine groups is 1. The van der Waals surface area contributed by atoms with Crippen molar-refractivity contribution in [1.82, 2.24) is 10.9 Å². The first-order valence-corrected chi connectivity index (χ1v) is 7.38. The molecule has 0 heterocycles. The smallest absolute Gasteiger partial charge is 0.269 e. The maximum absolute atomic E-state index is 12.1. The third-order valence-electron chi connectivity index (χ3n) is 3.55. The van der Waals surface area contributed by atoms with Gasteiger partial charge in [0.2, 0.25) is 5.91 Å². The molecule has 0 spiro atoms. The Hall–Kier alpha value is -2.82.